The van der Waals surface area contributed by atoms with Crippen LogP contribution in [-0.2, 0) is 7.05 Å². The standard InChI is InChI=1S/C11H11ClN4O/c1-7-8(6-16(2)15-7)11(17)14-10-5-3-4-9(12)13-10/h3-6H,1-2H3,(H,13,14,17). The molecule has 0 atom stereocenters. The number of pyridine rings is 1. The first kappa shape index (κ1) is 11.6. The Morgan fingerprint density at radius 1 is 1.47 bits per heavy atom. The van der Waals surface area contributed by atoms with Gasteiger partial charge in [-0.3, -0.25) is 9.48 Å². The topological polar surface area (TPSA) is 59.8 Å². The molecular formula is C11H11ClN4O. The minimum absolute atomic E-state index is 0.245. The minimum atomic E-state index is -0.245. The fourth-order valence-electron chi connectivity index (χ4n) is 1.48. The molecule has 0 unspecified atom stereocenters. The van der Waals surface area contributed by atoms with Gasteiger partial charge in [0.1, 0.15) is 11.0 Å². The predicted molar refractivity (Wildman–Crippen MR) is 65.1 cm³/mol. The molecule has 0 radical (unpaired) electrons. The molecule has 0 aliphatic carbocycles. The highest BCUT2D eigenvalue weighted by molar-refractivity contribution is 6.29. The molecule has 0 fully saturated rings. The van der Waals surface area contributed by atoms with E-state index in [1.54, 1.807) is 43.0 Å². The third-order valence-electron chi connectivity index (χ3n) is 2.21. The van der Waals surface area contributed by atoms with Crippen LogP contribution in [0.1, 0.15) is 16.1 Å². The lowest BCUT2D eigenvalue weighted by molar-refractivity contribution is 0.102. The molecule has 0 saturated carbocycles. The van der Waals surface area contributed by atoms with Crippen LogP contribution in [0.15, 0.2) is 24.4 Å². The quantitative estimate of drug-likeness (QED) is 0.830. The number of nitrogens with one attached hydrogen (secondary N) is 1. The summed E-state index contributed by atoms with van der Waals surface area (Å²) in [5.74, 6) is 0.177. The van der Waals surface area contributed by atoms with Crippen molar-refractivity contribution in [2.45, 2.75) is 6.92 Å². The third-order valence-corrected chi connectivity index (χ3v) is 2.43. The summed E-state index contributed by atoms with van der Waals surface area (Å²) in [4.78, 5) is 15.9. The number of anilines is 1. The van der Waals surface area contributed by atoms with Gasteiger partial charge in [0.05, 0.1) is 11.3 Å². The zero-order valence-corrected chi connectivity index (χ0v) is 10.2. The van der Waals surface area contributed by atoms with Crippen LogP contribution in [-0.4, -0.2) is 20.7 Å². The average Bonchev–Trinajstić information content (AvgIpc) is 2.58. The van der Waals surface area contributed by atoms with Gasteiger partial charge in [0.25, 0.3) is 5.91 Å². The summed E-state index contributed by atoms with van der Waals surface area (Å²) in [6.45, 7) is 1.78. The van der Waals surface area contributed by atoms with Crippen molar-refractivity contribution in [1.29, 1.82) is 0 Å². The van der Waals surface area contributed by atoms with Gasteiger partial charge >= 0.3 is 0 Å². The van der Waals surface area contributed by atoms with E-state index in [1.807, 2.05) is 0 Å². The zero-order valence-electron chi connectivity index (χ0n) is 9.44. The van der Waals surface area contributed by atoms with E-state index >= 15 is 0 Å². The Labute approximate surface area is 103 Å². The lowest BCUT2D eigenvalue weighted by Gasteiger charge is -2.03. The summed E-state index contributed by atoms with van der Waals surface area (Å²) in [6, 6.07) is 5.04. The van der Waals surface area contributed by atoms with E-state index in [0.717, 1.165) is 0 Å². The molecule has 0 aromatic carbocycles. The summed E-state index contributed by atoms with van der Waals surface area (Å²) >= 11 is 5.73. The average molecular weight is 251 g/mol. The summed E-state index contributed by atoms with van der Waals surface area (Å²) in [5.41, 5.74) is 1.20. The van der Waals surface area contributed by atoms with Crippen LogP contribution in [0.25, 0.3) is 0 Å². The SMILES string of the molecule is Cc1nn(C)cc1C(=O)Nc1cccc(Cl)n1. The van der Waals surface area contributed by atoms with Crippen molar-refractivity contribution < 1.29 is 4.79 Å². The molecule has 0 aliphatic heterocycles. The number of aromatic nitrogens is 3. The number of halogens is 1. The van der Waals surface area contributed by atoms with Crippen molar-refractivity contribution in [3.05, 3.63) is 40.8 Å². The molecule has 2 heterocycles. The Bertz CT molecular complexity index is 564. The highest BCUT2D eigenvalue weighted by Gasteiger charge is 2.12. The van der Waals surface area contributed by atoms with Crippen molar-refractivity contribution in [3.63, 3.8) is 0 Å². The second kappa shape index (κ2) is 4.55. The lowest BCUT2D eigenvalue weighted by Crippen LogP contribution is -2.13. The van der Waals surface area contributed by atoms with E-state index in [-0.39, 0.29) is 5.91 Å². The molecular weight excluding hydrogens is 240 g/mol. The fraction of sp³-hybridized carbons (Fsp3) is 0.182. The van der Waals surface area contributed by atoms with Crippen molar-refractivity contribution in [1.82, 2.24) is 14.8 Å². The highest BCUT2D eigenvalue weighted by atomic mass is 35.5. The van der Waals surface area contributed by atoms with Crippen LogP contribution in [0.5, 0.6) is 0 Å². The van der Waals surface area contributed by atoms with Crippen molar-refractivity contribution in [2.24, 2.45) is 7.05 Å². The third kappa shape index (κ3) is 2.62. The molecule has 2 aromatic heterocycles. The molecule has 5 nitrogen and oxygen atoms in total. The van der Waals surface area contributed by atoms with Crippen LogP contribution in [0.4, 0.5) is 5.82 Å². The first-order valence-electron chi connectivity index (χ1n) is 5.00. The molecule has 1 N–H and O–H groups in total. The van der Waals surface area contributed by atoms with Crippen molar-refractivity contribution in [3.8, 4) is 0 Å². The Balaban J connectivity index is 2.20. The monoisotopic (exact) mass is 250 g/mol. The lowest BCUT2D eigenvalue weighted by atomic mass is 10.2. The number of rotatable bonds is 2. The van der Waals surface area contributed by atoms with Gasteiger partial charge in [-0.2, -0.15) is 5.10 Å². The number of hydrogen-bond donors (Lipinski definition) is 1. The number of hydrogen-bond acceptors (Lipinski definition) is 3. The maximum absolute atomic E-state index is 11.9. The number of nitrogens with zero attached hydrogens (tertiary/aromatic N) is 3. The van der Waals surface area contributed by atoms with E-state index in [9.17, 15) is 4.79 Å². The molecule has 17 heavy (non-hydrogen) atoms. The van der Waals surface area contributed by atoms with E-state index < -0.39 is 0 Å². The Kier molecular flexibility index (Phi) is 3.10. The molecule has 0 aliphatic rings. The summed E-state index contributed by atoms with van der Waals surface area (Å²) in [6.07, 6.45) is 1.66. The van der Waals surface area contributed by atoms with E-state index in [2.05, 4.69) is 15.4 Å². The zero-order chi connectivity index (χ0) is 12.4. The first-order valence-corrected chi connectivity index (χ1v) is 5.38. The van der Waals surface area contributed by atoms with Gasteiger partial charge in [0, 0.05) is 13.2 Å². The molecule has 1 amide bonds. The van der Waals surface area contributed by atoms with E-state index in [1.165, 1.54) is 0 Å². The molecule has 0 spiro atoms. The first-order chi connectivity index (χ1) is 8.06. The van der Waals surface area contributed by atoms with Gasteiger partial charge < -0.3 is 5.32 Å². The number of carbonyl (C=O) groups is 1. The Morgan fingerprint density at radius 2 is 2.24 bits per heavy atom. The summed E-state index contributed by atoms with van der Waals surface area (Å²) in [7, 11) is 1.77. The number of aryl methyl sites for hydroxylation is 2. The van der Waals surface area contributed by atoms with Gasteiger partial charge in [-0.15, -0.1) is 0 Å². The number of carbonyl (C=O) groups excluding carboxylic acids is 1. The maximum Gasteiger partial charge on any atom is 0.260 e. The van der Waals surface area contributed by atoms with Crippen LogP contribution in [0.2, 0.25) is 5.15 Å². The second-order valence-electron chi connectivity index (χ2n) is 3.60. The van der Waals surface area contributed by atoms with E-state index in [4.69, 9.17) is 11.6 Å². The summed E-state index contributed by atoms with van der Waals surface area (Å²) in [5, 5.41) is 7.10. The van der Waals surface area contributed by atoms with Gasteiger partial charge in [0.2, 0.25) is 0 Å². The van der Waals surface area contributed by atoms with Gasteiger partial charge in [-0.1, -0.05) is 17.7 Å². The second-order valence-corrected chi connectivity index (χ2v) is 3.99. The molecule has 2 aromatic rings. The molecule has 2 rings (SSSR count). The van der Waals surface area contributed by atoms with Gasteiger partial charge in [-0.05, 0) is 19.1 Å². The molecule has 88 valence electrons. The van der Waals surface area contributed by atoms with Crippen LogP contribution in [0.3, 0.4) is 0 Å². The van der Waals surface area contributed by atoms with Crippen LogP contribution >= 0.6 is 11.6 Å². The Hall–Kier alpha value is -1.88. The predicted octanol–water partition coefficient (Wildman–Crippen LogP) is 2.03. The van der Waals surface area contributed by atoms with Crippen LogP contribution in [0, 0.1) is 6.92 Å². The maximum atomic E-state index is 11.9. The van der Waals surface area contributed by atoms with Crippen LogP contribution < -0.4 is 5.32 Å². The molecule has 0 saturated heterocycles. The molecule has 0 bridgehead atoms. The number of amides is 1. The summed E-state index contributed by atoms with van der Waals surface area (Å²) < 4.78 is 1.59. The fourth-order valence-corrected chi connectivity index (χ4v) is 1.65. The van der Waals surface area contributed by atoms with Gasteiger partial charge in [-0.25, -0.2) is 4.98 Å². The highest BCUT2D eigenvalue weighted by Crippen LogP contribution is 2.12. The minimum Gasteiger partial charge on any atom is -0.306 e. The molecule has 6 heteroatoms. The van der Waals surface area contributed by atoms with E-state index in [0.29, 0.717) is 22.2 Å². The largest absolute Gasteiger partial charge is 0.306 e. The normalized spacial score (nSPS) is 10.3. The van der Waals surface area contributed by atoms with Crippen molar-refractivity contribution in [2.75, 3.05) is 5.32 Å². The van der Waals surface area contributed by atoms with Gasteiger partial charge in [0.15, 0.2) is 0 Å². The smallest absolute Gasteiger partial charge is 0.260 e. The van der Waals surface area contributed by atoms with Crippen molar-refractivity contribution >= 4 is 23.3 Å². The Morgan fingerprint density at radius 3 is 2.82 bits per heavy atom.